The van der Waals surface area contributed by atoms with Crippen LogP contribution in [-0.2, 0) is 0 Å². The molecule has 3 nitrogen and oxygen atoms in total. The van der Waals surface area contributed by atoms with Gasteiger partial charge in [-0.05, 0) is 0 Å². The van der Waals surface area contributed by atoms with E-state index in [4.69, 9.17) is 0 Å². The molecule has 10 heavy (non-hydrogen) atoms. The molecule has 0 rings (SSSR count). The molecule has 0 spiro atoms. The molecule has 0 unspecified atom stereocenters. The molecule has 1 radical (unpaired) electrons. The normalized spacial score (nSPS) is 12.6. The minimum absolute atomic E-state index is 1.51. The fraction of sp³-hybridized carbons (Fsp3) is 1.00. The zero-order valence-electron chi connectivity index (χ0n) is 7.84. The van der Waals surface area contributed by atoms with Gasteiger partial charge in [-0.3, -0.25) is 0 Å². The molecular weight excluding hydrogens is 236 g/mol. The van der Waals surface area contributed by atoms with E-state index >= 15 is 0 Å². The maximum atomic E-state index is 2.36. The second-order valence-corrected chi connectivity index (χ2v) is 12.4. The predicted molar refractivity (Wildman–Crippen MR) is 48.2 cm³/mol. The summed E-state index contributed by atoms with van der Waals surface area (Å²) in [6.45, 7) is 0. The number of hydrogen-bond donors (Lipinski definition) is 0. The third-order valence-electron chi connectivity index (χ3n) is 1.20. The third kappa shape index (κ3) is 3.20. The van der Waals surface area contributed by atoms with Crippen molar-refractivity contribution >= 4 is 21.0 Å². The van der Waals surface area contributed by atoms with Crippen molar-refractivity contribution < 1.29 is 0 Å². The summed E-state index contributed by atoms with van der Waals surface area (Å²) in [5.41, 5.74) is 0. The summed E-state index contributed by atoms with van der Waals surface area (Å²) < 4.78 is 7.09. The number of nitrogens with zero attached hydrogens (tertiary/aromatic N) is 3. The first-order chi connectivity index (χ1) is 4.46. The van der Waals surface area contributed by atoms with Gasteiger partial charge in [-0.15, -0.1) is 0 Å². The molecule has 0 atom stereocenters. The fourth-order valence-corrected chi connectivity index (χ4v) is 8.05. The summed E-state index contributed by atoms with van der Waals surface area (Å²) in [6.07, 6.45) is 0. The van der Waals surface area contributed by atoms with Gasteiger partial charge >= 0.3 is 72.5 Å². The summed E-state index contributed by atoms with van der Waals surface area (Å²) in [7, 11) is 13.0. The van der Waals surface area contributed by atoms with Gasteiger partial charge in [0.2, 0.25) is 0 Å². The molecule has 0 aromatic rings. The molecule has 0 aliphatic heterocycles. The van der Waals surface area contributed by atoms with E-state index in [9.17, 15) is 0 Å². The van der Waals surface area contributed by atoms with E-state index in [0.717, 1.165) is 0 Å². The average Bonchev–Trinajstić information content (AvgIpc) is 1.59. The molecule has 63 valence electrons. The van der Waals surface area contributed by atoms with E-state index in [-0.39, 0.29) is 0 Å². The Morgan fingerprint density at radius 3 is 0.800 bits per heavy atom. The fourth-order valence-electron chi connectivity index (χ4n) is 1.20. The van der Waals surface area contributed by atoms with E-state index in [1.165, 1.54) is 0 Å². The Balaban J connectivity index is 3.98. The predicted octanol–water partition coefficient (Wildman–Crippen LogP) is -0.612. The summed E-state index contributed by atoms with van der Waals surface area (Å²) in [5, 5.41) is 0. The van der Waals surface area contributed by atoms with E-state index in [0.29, 0.717) is 0 Å². The molecule has 0 fully saturated rings. The van der Waals surface area contributed by atoms with Crippen LogP contribution in [0.2, 0.25) is 0 Å². The molecule has 0 bridgehead atoms. The van der Waals surface area contributed by atoms with Crippen LogP contribution in [0.1, 0.15) is 0 Å². The van der Waals surface area contributed by atoms with Crippen molar-refractivity contribution in [1.29, 1.82) is 0 Å². The van der Waals surface area contributed by atoms with Gasteiger partial charge in [0.05, 0.1) is 0 Å². The Kier molecular flexibility index (Phi) is 4.87. The molecule has 0 aromatic carbocycles. The Labute approximate surface area is 72.6 Å². The Hall–Kier alpha value is 0.698. The van der Waals surface area contributed by atoms with Crippen LogP contribution in [0.4, 0.5) is 0 Å². The summed E-state index contributed by atoms with van der Waals surface area (Å²) >= 11 is -1.51. The summed E-state index contributed by atoms with van der Waals surface area (Å²) in [4.78, 5) is 0. The van der Waals surface area contributed by atoms with Gasteiger partial charge in [0.1, 0.15) is 0 Å². The molecule has 0 heterocycles. The van der Waals surface area contributed by atoms with Crippen LogP contribution < -0.4 is 0 Å². The first-order valence-electron chi connectivity index (χ1n) is 3.35. The molecule has 0 aliphatic carbocycles. The Morgan fingerprint density at radius 1 is 0.600 bits per heavy atom. The third-order valence-corrected chi connectivity index (χ3v) is 8.05. The molecule has 4 heteroatoms. The molecule has 0 saturated carbocycles. The first-order valence-corrected chi connectivity index (χ1v) is 7.18. The van der Waals surface area contributed by atoms with Crippen molar-refractivity contribution in [2.24, 2.45) is 0 Å². The van der Waals surface area contributed by atoms with Crippen LogP contribution >= 0.6 is 0 Å². The average molecular weight is 255 g/mol. The van der Waals surface area contributed by atoms with Crippen LogP contribution in [0, 0.1) is 0 Å². The van der Waals surface area contributed by atoms with E-state index < -0.39 is 21.0 Å². The van der Waals surface area contributed by atoms with E-state index in [1.807, 2.05) is 0 Å². The van der Waals surface area contributed by atoms with E-state index in [1.54, 1.807) is 0 Å². The molecule has 0 amide bonds. The van der Waals surface area contributed by atoms with Crippen molar-refractivity contribution in [3.05, 3.63) is 0 Å². The first kappa shape index (κ1) is 10.7. The standard InChI is InChI=1S/3C2H6N.Sb.H/c3*1-3-2;;/h3*1-2H3;;/q3*-1;+3;. The number of hydrogen-bond acceptors (Lipinski definition) is 3. The maximum absolute atomic E-state index is 2.36. The summed E-state index contributed by atoms with van der Waals surface area (Å²) in [5.74, 6) is 0. The molecular formula is C6H19N3Sb. The Morgan fingerprint density at radius 2 is 0.800 bits per heavy atom. The van der Waals surface area contributed by atoms with Crippen LogP contribution in [0.5, 0.6) is 0 Å². The molecule has 0 saturated heterocycles. The van der Waals surface area contributed by atoms with Crippen LogP contribution in [0.3, 0.4) is 0 Å². The van der Waals surface area contributed by atoms with Crippen molar-refractivity contribution in [1.82, 2.24) is 9.18 Å². The second kappa shape index (κ2) is 4.55. The minimum atomic E-state index is -1.51. The molecule has 0 aliphatic rings. The quantitative estimate of drug-likeness (QED) is 0.623. The number of rotatable bonds is 3. The van der Waals surface area contributed by atoms with Gasteiger partial charge in [0, 0.05) is 0 Å². The monoisotopic (exact) mass is 254 g/mol. The van der Waals surface area contributed by atoms with Crippen molar-refractivity contribution in [3.8, 4) is 0 Å². The van der Waals surface area contributed by atoms with E-state index in [2.05, 4.69) is 51.5 Å². The van der Waals surface area contributed by atoms with Crippen molar-refractivity contribution in [2.75, 3.05) is 42.3 Å². The second-order valence-electron chi connectivity index (χ2n) is 2.98. The van der Waals surface area contributed by atoms with Crippen molar-refractivity contribution in [2.45, 2.75) is 0 Å². The molecule has 0 aromatic heterocycles. The van der Waals surface area contributed by atoms with Gasteiger partial charge in [-0.25, -0.2) is 0 Å². The van der Waals surface area contributed by atoms with Crippen LogP contribution in [0.25, 0.3) is 0 Å². The zero-order valence-corrected chi connectivity index (χ0v) is 10.7. The Bertz CT molecular complexity index is 74.0. The van der Waals surface area contributed by atoms with Crippen LogP contribution in [0.15, 0.2) is 0 Å². The summed E-state index contributed by atoms with van der Waals surface area (Å²) in [6, 6.07) is 0. The van der Waals surface area contributed by atoms with Crippen molar-refractivity contribution in [3.63, 3.8) is 0 Å². The van der Waals surface area contributed by atoms with Gasteiger partial charge in [0.25, 0.3) is 0 Å². The zero-order chi connectivity index (χ0) is 8.31. The SMILES string of the molecule is C[N](C)[SbH]([N](C)C)[N](C)C. The molecule has 0 N–H and O–H groups in total. The van der Waals surface area contributed by atoms with Gasteiger partial charge < -0.3 is 0 Å². The van der Waals surface area contributed by atoms with Gasteiger partial charge in [-0.2, -0.15) is 0 Å². The van der Waals surface area contributed by atoms with Crippen LogP contribution in [-0.4, -0.2) is 72.5 Å². The van der Waals surface area contributed by atoms with Gasteiger partial charge in [0.15, 0.2) is 0 Å². The van der Waals surface area contributed by atoms with Gasteiger partial charge in [-0.1, -0.05) is 0 Å². The topological polar surface area (TPSA) is 9.72 Å².